The first-order valence-corrected chi connectivity index (χ1v) is 23.1. The molecule has 1 aliphatic heterocycles. The van der Waals surface area contributed by atoms with Crippen LogP contribution in [0.3, 0.4) is 0 Å². The van der Waals surface area contributed by atoms with Crippen LogP contribution in [0.15, 0.2) is 11.1 Å². The van der Waals surface area contributed by atoms with E-state index in [9.17, 15) is 37.9 Å². The number of nitrogens with one attached hydrogen (secondary N) is 2. The molecule has 25 heteroatoms. The van der Waals surface area contributed by atoms with Crippen molar-refractivity contribution in [3.63, 3.8) is 0 Å². The summed E-state index contributed by atoms with van der Waals surface area (Å²) in [6, 6.07) is 0. The van der Waals surface area contributed by atoms with Crippen molar-refractivity contribution in [1.29, 1.82) is 0 Å². The second kappa shape index (κ2) is 16.1. The summed E-state index contributed by atoms with van der Waals surface area (Å²) in [5.74, 6) is -0.870. The molecule has 51 heavy (non-hydrogen) atoms. The standard InChI is InChI=1S/C26H46N5O16P3Si/c1-14(2)12-27-25-29-22-18(23(34)30-25)28-13-31(22)24-21(45-51(8,9)26(5,6)7)20(42-17(33)11-10-15(3)32)19(43-24)16(4)44-49(38,39)47-50(40,41)46-48(35,36)37/h13-14,16,19-21,24H,10-12H2,1-9H3,(H,38,39)(H,40,41)(H2,35,36,37)(H2,27,29,30,34)/t16?,19-,20?,21+,24-/m1/s1. The minimum atomic E-state index is -5.88. The van der Waals surface area contributed by atoms with Crippen LogP contribution in [0.5, 0.6) is 0 Å². The average Bonchev–Trinajstić information content (AvgIpc) is 3.49. The highest BCUT2D eigenvalue weighted by Gasteiger charge is 2.56. The summed E-state index contributed by atoms with van der Waals surface area (Å²) in [6.07, 6.45) is -6.49. The molecule has 4 unspecified atom stereocenters. The lowest BCUT2D eigenvalue weighted by Gasteiger charge is -2.40. The first-order chi connectivity index (χ1) is 23.1. The molecule has 7 atom stereocenters. The molecule has 290 valence electrons. The van der Waals surface area contributed by atoms with Crippen LogP contribution < -0.4 is 10.9 Å². The summed E-state index contributed by atoms with van der Waals surface area (Å²) in [5.41, 5.74) is -0.643. The number of fused-ring (bicyclic) bond motifs is 1. The van der Waals surface area contributed by atoms with E-state index in [1.165, 1.54) is 17.8 Å². The number of esters is 1. The Balaban J connectivity index is 2.16. The predicted molar refractivity (Wildman–Crippen MR) is 182 cm³/mol. The van der Waals surface area contributed by atoms with Crippen molar-refractivity contribution < 1.29 is 69.9 Å². The number of ether oxygens (including phenoxy) is 2. The number of carbonyl (C=O) groups excluding carboxylic acids is 2. The second-order valence-corrected chi connectivity index (χ2v) is 23.0. The number of phosphoric ester groups is 1. The van der Waals surface area contributed by atoms with Gasteiger partial charge in [0, 0.05) is 13.0 Å². The van der Waals surface area contributed by atoms with E-state index in [-0.39, 0.29) is 41.7 Å². The maximum Gasteiger partial charge on any atom is 0.490 e. The van der Waals surface area contributed by atoms with Crippen molar-refractivity contribution in [2.24, 2.45) is 5.92 Å². The van der Waals surface area contributed by atoms with E-state index >= 15 is 0 Å². The zero-order valence-electron chi connectivity index (χ0n) is 29.5. The molecule has 0 bridgehead atoms. The molecule has 0 amide bonds. The van der Waals surface area contributed by atoms with E-state index in [4.69, 9.17) is 28.2 Å². The lowest BCUT2D eigenvalue weighted by Crippen LogP contribution is -2.50. The zero-order valence-corrected chi connectivity index (χ0v) is 33.2. The first kappa shape index (κ1) is 43.2. The quantitative estimate of drug-likeness (QED) is 0.0757. The largest absolute Gasteiger partial charge is 0.490 e. The van der Waals surface area contributed by atoms with Gasteiger partial charge in [-0.15, -0.1) is 0 Å². The number of nitrogens with zero attached hydrogens (tertiary/aromatic N) is 3. The van der Waals surface area contributed by atoms with Crippen molar-refractivity contribution in [2.75, 3.05) is 11.9 Å². The number of aromatic amines is 1. The van der Waals surface area contributed by atoms with Gasteiger partial charge in [0.15, 0.2) is 31.8 Å². The smallest absolute Gasteiger partial charge is 0.457 e. The number of phosphoric acid groups is 3. The Morgan fingerprint density at radius 2 is 1.69 bits per heavy atom. The van der Waals surface area contributed by atoms with Crippen molar-refractivity contribution >= 4 is 60.7 Å². The summed E-state index contributed by atoms with van der Waals surface area (Å²) in [5, 5.41) is 2.60. The molecular formula is C26H46N5O16P3Si. The molecule has 6 N–H and O–H groups in total. The Bertz CT molecular complexity index is 1790. The van der Waals surface area contributed by atoms with Crippen molar-refractivity contribution in [3.05, 3.63) is 16.7 Å². The van der Waals surface area contributed by atoms with Gasteiger partial charge < -0.3 is 43.6 Å². The Morgan fingerprint density at radius 1 is 1.06 bits per heavy atom. The number of hydrogen-bond acceptors (Lipinski definition) is 15. The van der Waals surface area contributed by atoms with Crippen LogP contribution in [-0.2, 0) is 50.3 Å². The molecule has 0 saturated carbocycles. The maximum absolute atomic E-state index is 13.1. The fourth-order valence-corrected chi connectivity index (χ4v) is 9.08. The molecule has 3 rings (SSSR count). The zero-order chi connectivity index (χ0) is 38.9. The van der Waals surface area contributed by atoms with Gasteiger partial charge in [0.2, 0.25) is 5.95 Å². The van der Waals surface area contributed by atoms with E-state index in [1.54, 1.807) is 0 Å². The Kier molecular flexibility index (Phi) is 13.6. The number of aromatic nitrogens is 4. The number of H-pyrrole nitrogens is 1. The van der Waals surface area contributed by atoms with Crippen molar-refractivity contribution in [3.8, 4) is 0 Å². The van der Waals surface area contributed by atoms with E-state index in [0.29, 0.717) is 6.54 Å². The van der Waals surface area contributed by atoms with Gasteiger partial charge in [0.1, 0.15) is 18.0 Å². The van der Waals surface area contributed by atoms with E-state index in [2.05, 4.69) is 28.9 Å². The average molecular weight is 806 g/mol. The number of Topliss-reactive ketones (excluding diaryl/α,β-unsaturated/α-hetero) is 1. The number of hydrogen-bond donors (Lipinski definition) is 6. The molecule has 0 spiro atoms. The molecule has 0 radical (unpaired) electrons. The Hall–Kier alpha value is -2.16. The van der Waals surface area contributed by atoms with Crippen LogP contribution in [0, 0.1) is 5.92 Å². The summed E-state index contributed by atoms with van der Waals surface area (Å²) in [4.78, 5) is 86.9. The number of anilines is 1. The number of rotatable bonds is 17. The molecule has 2 aromatic rings. The van der Waals surface area contributed by atoms with Crippen LogP contribution in [0.4, 0.5) is 5.95 Å². The van der Waals surface area contributed by atoms with Crippen LogP contribution in [0.1, 0.15) is 67.5 Å². The third-order valence-corrected chi connectivity index (χ3v) is 16.4. The normalized spacial score (nSPS) is 23.2. The van der Waals surface area contributed by atoms with Crippen molar-refractivity contribution in [1.82, 2.24) is 19.5 Å². The maximum atomic E-state index is 13.1. The fraction of sp³-hybridized carbons (Fsp3) is 0.731. The van der Waals surface area contributed by atoms with Gasteiger partial charge in [0.05, 0.1) is 18.9 Å². The molecule has 1 fully saturated rings. The SMILES string of the molecule is CC(=O)CCC(=O)OC1[C@@H](C(C)OP(=O)(O)OP(=O)(O)OP(=O)(O)O)O[C@@H](n2cnc3c(=O)[nH]c(NCC(C)C)nc32)[C@H]1O[Si](C)(C)C(C)(C)C. The summed E-state index contributed by atoms with van der Waals surface area (Å²) in [7, 11) is -20.1. The minimum absolute atomic E-state index is 0.0293. The van der Waals surface area contributed by atoms with E-state index < -0.39 is 79.0 Å². The molecule has 21 nitrogen and oxygen atoms in total. The topological polar surface area (TPSA) is 297 Å². The van der Waals surface area contributed by atoms with Gasteiger partial charge in [-0.1, -0.05) is 34.6 Å². The Labute approximate surface area is 294 Å². The first-order valence-electron chi connectivity index (χ1n) is 15.7. The van der Waals surface area contributed by atoms with Gasteiger partial charge in [-0.05, 0) is 37.9 Å². The van der Waals surface area contributed by atoms with Crippen molar-refractivity contribution in [2.45, 2.75) is 110 Å². The highest BCUT2D eigenvalue weighted by atomic mass is 31.3. The van der Waals surface area contributed by atoms with Gasteiger partial charge in [-0.25, -0.2) is 18.7 Å². The molecule has 3 heterocycles. The lowest BCUT2D eigenvalue weighted by molar-refractivity contribution is -0.158. The van der Waals surface area contributed by atoms with Crippen LogP contribution in [0.25, 0.3) is 11.2 Å². The minimum Gasteiger partial charge on any atom is -0.457 e. The molecule has 1 saturated heterocycles. The highest BCUT2D eigenvalue weighted by molar-refractivity contribution is 7.66. The molecule has 1 aliphatic rings. The molecular weight excluding hydrogens is 759 g/mol. The summed E-state index contributed by atoms with van der Waals surface area (Å²) >= 11 is 0. The molecule has 2 aromatic heterocycles. The van der Waals surface area contributed by atoms with Crippen LogP contribution in [-0.4, -0.2) is 90.1 Å². The van der Waals surface area contributed by atoms with Gasteiger partial charge in [0.25, 0.3) is 5.56 Å². The monoisotopic (exact) mass is 805 g/mol. The van der Waals surface area contributed by atoms with E-state index in [0.717, 1.165) is 6.92 Å². The number of imidazole rings is 1. The highest BCUT2D eigenvalue weighted by Crippen LogP contribution is 2.66. The lowest BCUT2D eigenvalue weighted by atomic mass is 10.1. The fourth-order valence-electron chi connectivity index (χ4n) is 4.60. The van der Waals surface area contributed by atoms with E-state index in [1.807, 2.05) is 47.7 Å². The number of carbonyl (C=O) groups is 2. The number of ketones is 1. The van der Waals surface area contributed by atoms with Gasteiger partial charge >= 0.3 is 29.4 Å². The van der Waals surface area contributed by atoms with Crippen LogP contribution >= 0.6 is 23.5 Å². The summed E-state index contributed by atoms with van der Waals surface area (Å²) in [6.45, 7) is 16.4. The van der Waals surface area contributed by atoms with Gasteiger partial charge in [-0.2, -0.15) is 13.6 Å². The van der Waals surface area contributed by atoms with Crippen LogP contribution in [0.2, 0.25) is 18.1 Å². The third kappa shape index (κ3) is 11.9. The van der Waals surface area contributed by atoms with Gasteiger partial charge in [-0.3, -0.25) is 23.7 Å². The molecule has 0 aromatic carbocycles. The molecule has 0 aliphatic carbocycles. The second-order valence-electron chi connectivity index (χ2n) is 13.9. The Morgan fingerprint density at radius 3 is 2.24 bits per heavy atom. The summed E-state index contributed by atoms with van der Waals surface area (Å²) < 4.78 is 69.0. The predicted octanol–water partition coefficient (Wildman–Crippen LogP) is 3.49. The third-order valence-electron chi connectivity index (χ3n) is 7.97.